The van der Waals surface area contributed by atoms with Gasteiger partial charge < -0.3 is 24.4 Å². The minimum absolute atomic E-state index is 0.819. The number of aliphatic hydroxyl groups excluding tert-OH is 2. The molecule has 0 aromatic heterocycles. The lowest BCUT2D eigenvalue weighted by Crippen LogP contribution is -2.45. The maximum Gasteiger partial charge on any atom is 0.397 e. The third-order valence-corrected chi connectivity index (χ3v) is 3.03. The number of ether oxygens (including phenoxy) is 3. The molecule has 2 aliphatic heterocycles. The van der Waals surface area contributed by atoms with Crippen LogP contribution in [0.2, 0.25) is 0 Å². The van der Waals surface area contributed by atoms with Crippen molar-refractivity contribution in [2.45, 2.75) is 50.4 Å². The van der Waals surface area contributed by atoms with Gasteiger partial charge in [-0.05, 0) is 13.8 Å². The van der Waals surface area contributed by atoms with Gasteiger partial charge in [0.25, 0.3) is 0 Å². The molecule has 5 atom stereocenters. The molecule has 2 fully saturated rings. The van der Waals surface area contributed by atoms with Crippen molar-refractivity contribution < 1.29 is 37.6 Å². The summed E-state index contributed by atoms with van der Waals surface area (Å²) in [6, 6.07) is 0. The van der Waals surface area contributed by atoms with E-state index in [2.05, 4.69) is 0 Å². The molecular formula is C10H15F3O5. The SMILES string of the molecule is CC1(C)OC2[C@H](O[C@H](C(O)CO)[C@H]2C(F)(F)F)O1. The van der Waals surface area contributed by atoms with Crippen molar-refractivity contribution in [2.24, 2.45) is 5.92 Å². The maximum atomic E-state index is 13.0. The molecular weight excluding hydrogens is 257 g/mol. The Morgan fingerprint density at radius 3 is 2.39 bits per heavy atom. The van der Waals surface area contributed by atoms with Gasteiger partial charge in [0.2, 0.25) is 0 Å². The molecule has 2 aliphatic rings. The maximum absolute atomic E-state index is 13.0. The summed E-state index contributed by atoms with van der Waals surface area (Å²) >= 11 is 0. The molecule has 0 bridgehead atoms. The zero-order valence-corrected chi connectivity index (χ0v) is 9.85. The van der Waals surface area contributed by atoms with Crippen LogP contribution in [0.5, 0.6) is 0 Å². The molecule has 0 aromatic carbocycles. The van der Waals surface area contributed by atoms with Crippen LogP contribution >= 0.6 is 0 Å². The number of aliphatic hydroxyl groups is 2. The lowest BCUT2D eigenvalue weighted by Gasteiger charge is -2.29. The van der Waals surface area contributed by atoms with Gasteiger partial charge in [-0.25, -0.2) is 0 Å². The third kappa shape index (κ3) is 2.35. The van der Waals surface area contributed by atoms with Crippen molar-refractivity contribution in [1.82, 2.24) is 0 Å². The van der Waals surface area contributed by atoms with E-state index in [0.717, 1.165) is 0 Å². The molecule has 2 unspecified atom stereocenters. The highest BCUT2D eigenvalue weighted by atomic mass is 19.4. The molecule has 2 N–H and O–H groups in total. The van der Waals surface area contributed by atoms with Crippen molar-refractivity contribution >= 4 is 0 Å². The Bertz CT molecular complexity index is 319. The number of rotatable bonds is 2. The van der Waals surface area contributed by atoms with Gasteiger partial charge in [0, 0.05) is 0 Å². The van der Waals surface area contributed by atoms with Crippen LogP contribution in [0.4, 0.5) is 13.2 Å². The second-order valence-electron chi connectivity index (χ2n) is 4.89. The summed E-state index contributed by atoms with van der Waals surface area (Å²) in [4.78, 5) is 0. The van der Waals surface area contributed by atoms with E-state index in [-0.39, 0.29) is 0 Å². The predicted molar refractivity (Wildman–Crippen MR) is 51.3 cm³/mol. The topological polar surface area (TPSA) is 68.2 Å². The van der Waals surface area contributed by atoms with E-state index in [9.17, 15) is 18.3 Å². The Morgan fingerprint density at radius 2 is 1.89 bits per heavy atom. The van der Waals surface area contributed by atoms with E-state index in [1.165, 1.54) is 13.8 Å². The van der Waals surface area contributed by atoms with Gasteiger partial charge in [-0.15, -0.1) is 0 Å². The minimum Gasteiger partial charge on any atom is -0.394 e. The van der Waals surface area contributed by atoms with Crippen molar-refractivity contribution in [2.75, 3.05) is 6.61 Å². The molecule has 0 radical (unpaired) electrons. The quantitative estimate of drug-likeness (QED) is 0.761. The smallest absolute Gasteiger partial charge is 0.394 e. The highest BCUT2D eigenvalue weighted by Gasteiger charge is 2.64. The first-order valence-corrected chi connectivity index (χ1v) is 5.52. The fourth-order valence-electron chi connectivity index (χ4n) is 2.34. The van der Waals surface area contributed by atoms with E-state index in [1.54, 1.807) is 0 Å². The molecule has 8 heteroatoms. The summed E-state index contributed by atoms with van der Waals surface area (Å²) in [5, 5.41) is 18.2. The van der Waals surface area contributed by atoms with Crippen LogP contribution in [0.1, 0.15) is 13.8 Å². The number of fused-ring (bicyclic) bond motifs is 1. The van der Waals surface area contributed by atoms with E-state index >= 15 is 0 Å². The third-order valence-electron chi connectivity index (χ3n) is 3.03. The highest BCUT2D eigenvalue weighted by Crippen LogP contribution is 2.48. The summed E-state index contributed by atoms with van der Waals surface area (Å²) in [7, 11) is 0. The molecule has 2 heterocycles. The highest BCUT2D eigenvalue weighted by molar-refractivity contribution is 4.98. The van der Waals surface area contributed by atoms with E-state index in [1.807, 2.05) is 0 Å². The van der Waals surface area contributed by atoms with Crippen LogP contribution in [0.15, 0.2) is 0 Å². The first kappa shape index (κ1) is 14.0. The summed E-state index contributed by atoms with van der Waals surface area (Å²) < 4.78 is 54.4. The first-order chi connectivity index (χ1) is 8.15. The molecule has 106 valence electrons. The molecule has 18 heavy (non-hydrogen) atoms. The van der Waals surface area contributed by atoms with Gasteiger partial charge >= 0.3 is 6.18 Å². The molecule has 5 nitrogen and oxygen atoms in total. The lowest BCUT2D eigenvalue weighted by atomic mass is 9.94. The molecule has 2 rings (SSSR count). The van der Waals surface area contributed by atoms with Crippen molar-refractivity contribution in [3.8, 4) is 0 Å². The van der Waals surface area contributed by atoms with Gasteiger partial charge in [-0.1, -0.05) is 0 Å². The fourth-order valence-corrected chi connectivity index (χ4v) is 2.34. The fraction of sp³-hybridized carbons (Fsp3) is 1.00. The van der Waals surface area contributed by atoms with Crippen LogP contribution in [0.3, 0.4) is 0 Å². The normalized spacial score (nSPS) is 40.8. The molecule has 0 amide bonds. The summed E-state index contributed by atoms with van der Waals surface area (Å²) in [6.45, 7) is 2.15. The number of alkyl halides is 3. The van der Waals surface area contributed by atoms with Crippen LogP contribution in [0, 0.1) is 5.92 Å². The van der Waals surface area contributed by atoms with Crippen LogP contribution in [-0.2, 0) is 14.2 Å². The van der Waals surface area contributed by atoms with Gasteiger partial charge in [0.1, 0.15) is 24.2 Å². The van der Waals surface area contributed by atoms with Crippen LogP contribution in [-0.4, -0.2) is 53.4 Å². The lowest BCUT2D eigenvalue weighted by molar-refractivity contribution is -0.259. The minimum atomic E-state index is -4.61. The predicted octanol–water partition coefficient (Wildman–Crippen LogP) is 0.394. The van der Waals surface area contributed by atoms with Gasteiger partial charge in [0.15, 0.2) is 12.1 Å². The Morgan fingerprint density at radius 1 is 1.28 bits per heavy atom. The van der Waals surface area contributed by atoms with Crippen LogP contribution in [0.25, 0.3) is 0 Å². The standard InChI is InChI=1S/C10H15F3O5/c1-9(2)17-7-5(10(11,12)13)6(4(15)3-14)16-8(7)18-9/h4-8,14-15H,3H2,1-2H3/t4?,5-,6-,7?,8-/m1/s1. The molecule has 0 saturated carbocycles. The van der Waals surface area contributed by atoms with E-state index in [0.29, 0.717) is 0 Å². The second-order valence-corrected chi connectivity index (χ2v) is 4.89. The zero-order chi connectivity index (χ0) is 13.7. The monoisotopic (exact) mass is 272 g/mol. The van der Waals surface area contributed by atoms with E-state index < -0.39 is 49.1 Å². The number of hydrogen-bond donors (Lipinski definition) is 2. The molecule has 0 aromatic rings. The van der Waals surface area contributed by atoms with Gasteiger partial charge in [-0.3, -0.25) is 0 Å². The Kier molecular flexibility index (Phi) is 3.35. The average Bonchev–Trinajstić information content (AvgIpc) is 2.66. The van der Waals surface area contributed by atoms with E-state index in [4.69, 9.17) is 19.3 Å². The summed E-state index contributed by atoms with van der Waals surface area (Å²) in [5.74, 6) is -3.18. The van der Waals surface area contributed by atoms with Crippen molar-refractivity contribution in [3.05, 3.63) is 0 Å². The Balaban J connectivity index is 2.23. The van der Waals surface area contributed by atoms with Crippen molar-refractivity contribution in [3.63, 3.8) is 0 Å². The second kappa shape index (κ2) is 4.31. The van der Waals surface area contributed by atoms with Crippen LogP contribution < -0.4 is 0 Å². The van der Waals surface area contributed by atoms with Crippen molar-refractivity contribution in [1.29, 1.82) is 0 Å². The summed E-state index contributed by atoms with van der Waals surface area (Å²) in [6.07, 6.45) is -10.3. The first-order valence-electron chi connectivity index (χ1n) is 5.52. The number of halogens is 3. The molecule has 0 aliphatic carbocycles. The molecule has 2 saturated heterocycles. The summed E-state index contributed by atoms with van der Waals surface area (Å²) in [5.41, 5.74) is 0. The Hall–Kier alpha value is -0.410. The van der Waals surface area contributed by atoms with Gasteiger partial charge in [-0.2, -0.15) is 13.2 Å². The molecule has 0 spiro atoms. The zero-order valence-electron chi connectivity index (χ0n) is 9.85. The Labute approximate surface area is 101 Å². The van der Waals surface area contributed by atoms with Gasteiger partial charge in [0.05, 0.1) is 6.61 Å². The largest absolute Gasteiger partial charge is 0.397 e. The average molecular weight is 272 g/mol. The number of hydrogen-bond acceptors (Lipinski definition) is 5.